The van der Waals surface area contributed by atoms with Crippen LogP contribution < -0.4 is 5.73 Å². The Morgan fingerprint density at radius 3 is 2.87 bits per heavy atom. The van der Waals surface area contributed by atoms with Crippen LogP contribution in [0.3, 0.4) is 0 Å². The van der Waals surface area contributed by atoms with Crippen molar-refractivity contribution >= 4 is 11.9 Å². The monoisotopic (exact) mass is 216 g/mol. The minimum absolute atomic E-state index is 0.0313. The van der Waals surface area contributed by atoms with E-state index in [1.807, 2.05) is 0 Å². The summed E-state index contributed by atoms with van der Waals surface area (Å²) < 4.78 is 5.24. The van der Waals surface area contributed by atoms with Crippen LogP contribution in [0.5, 0.6) is 0 Å². The first-order chi connectivity index (χ1) is 7.13. The lowest BCUT2D eigenvalue weighted by atomic mass is 10.2. The normalized spacial score (nSPS) is 21.4. The molecule has 0 aliphatic carbocycles. The van der Waals surface area contributed by atoms with Gasteiger partial charge in [0.2, 0.25) is 5.91 Å². The van der Waals surface area contributed by atoms with E-state index in [0.717, 1.165) is 0 Å². The van der Waals surface area contributed by atoms with Crippen molar-refractivity contribution in [3.05, 3.63) is 0 Å². The van der Waals surface area contributed by atoms with Crippen LogP contribution in [-0.2, 0) is 14.3 Å². The molecule has 0 aromatic heterocycles. The summed E-state index contributed by atoms with van der Waals surface area (Å²) in [5.74, 6) is -0.940. The van der Waals surface area contributed by atoms with Gasteiger partial charge in [0.1, 0.15) is 0 Å². The predicted octanol–water partition coefficient (Wildman–Crippen LogP) is -0.963. The number of carboxylic acid groups (broad SMARTS) is 1. The van der Waals surface area contributed by atoms with E-state index in [9.17, 15) is 9.59 Å². The maximum absolute atomic E-state index is 11.5. The van der Waals surface area contributed by atoms with Crippen LogP contribution in [0, 0.1) is 0 Å². The molecule has 0 aromatic carbocycles. The van der Waals surface area contributed by atoms with Crippen molar-refractivity contribution < 1.29 is 19.4 Å². The number of carbonyl (C=O) groups is 2. The molecule has 0 aromatic rings. The molecule has 6 heteroatoms. The number of nitrogens with two attached hydrogens (primary N) is 1. The first-order valence-electron chi connectivity index (χ1n) is 4.94. The van der Waals surface area contributed by atoms with E-state index in [1.165, 1.54) is 0 Å². The van der Waals surface area contributed by atoms with E-state index in [1.54, 1.807) is 4.90 Å². The highest BCUT2D eigenvalue weighted by molar-refractivity contribution is 5.76. The van der Waals surface area contributed by atoms with Gasteiger partial charge in [-0.05, 0) is 0 Å². The average Bonchev–Trinajstić information content (AvgIpc) is 2.17. The van der Waals surface area contributed by atoms with Crippen LogP contribution in [0.25, 0.3) is 0 Å². The molecule has 0 radical (unpaired) electrons. The second-order valence-electron chi connectivity index (χ2n) is 3.47. The van der Waals surface area contributed by atoms with Gasteiger partial charge in [0, 0.05) is 26.1 Å². The van der Waals surface area contributed by atoms with Crippen molar-refractivity contribution in [2.75, 3.05) is 26.2 Å². The number of nitrogens with zero attached hydrogens (tertiary/aromatic N) is 1. The first kappa shape index (κ1) is 11.9. The van der Waals surface area contributed by atoms with Gasteiger partial charge in [-0.25, -0.2) is 0 Å². The highest BCUT2D eigenvalue weighted by Gasteiger charge is 2.25. The summed E-state index contributed by atoms with van der Waals surface area (Å²) in [4.78, 5) is 23.6. The fourth-order valence-electron chi connectivity index (χ4n) is 1.55. The summed E-state index contributed by atoms with van der Waals surface area (Å²) in [5, 5.41) is 8.59. The topological polar surface area (TPSA) is 92.9 Å². The molecular weight excluding hydrogens is 200 g/mol. The maximum atomic E-state index is 11.5. The van der Waals surface area contributed by atoms with Gasteiger partial charge in [-0.15, -0.1) is 0 Å². The summed E-state index contributed by atoms with van der Waals surface area (Å²) in [6, 6.07) is 0. The predicted molar refractivity (Wildman–Crippen MR) is 52.2 cm³/mol. The van der Waals surface area contributed by atoms with Gasteiger partial charge >= 0.3 is 5.97 Å². The molecule has 3 N–H and O–H groups in total. The van der Waals surface area contributed by atoms with Gasteiger partial charge in [0.25, 0.3) is 0 Å². The fourth-order valence-corrected chi connectivity index (χ4v) is 1.55. The van der Waals surface area contributed by atoms with Gasteiger partial charge in [-0.3, -0.25) is 9.59 Å². The van der Waals surface area contributed by atoms with Crippen LogP contribution >= 0.6 is 0 Å². The second kappa shape index (κ2) is 5.67. The Morgan fingerprint density at radius 2 is 2.27 bits per heavy atom. The Bertz CT molecular complexity index is 244. The summed E-state index contributed by atoms with van der Waals surface area (Å²) in [5.41, 5.74) is 5.28. The van der Waals surface area contributed by atoms with E-state index in [-0.39, 0.29) is 12.3 Å². The number of hydrogen-bond acceptors (Lipinski definition) is 4. The number of amides is 1. The van der Waals surface area contributed by atoms with E-state index >= 15 is 0 Å². The van der Waals surface area contributed by atoms with Gasteiger partial charge in [0.05, 0.1) is 19.1 Å². The van der Waals surface area contributed by atoms with E-state index in [0.29, 0.717) is 32.7 Å². The van der Waals surface area contributed by atoms with Crippen molar-refractivity contribution in [2.24, 2.45) is 5.73 Å². The molecule has 0 saturated carbocycles. The molecule has 86 valence electrons. The molecule has 0 spiro atoms. The summed E-state index contributed by atoms with van der Waals surface area (Å²) >= 11 is 0. The van der Waals surface area contributed by atoms with E-state index in [2.05, 4.69) is 0 Å². The van der Waals surface area contributed by atoms with Crippen LogP contribution in [0.2, 0.25) is 0 Å². The lowest BCUT2D eigenvalue weighted by molar-refractivity contribution is -0.147. The zero-order chi connectivity index (χ0) is 11.3. The number of carboxylic acids is 1. The molecule has 1 unspecified atom stereocenters. The third-order valence-corrected chi connectivity index (χ3v) is 2.25. The highest BCUT2D eigenvalue weighted by atomic mass is 16.5. The molecule has 6 nitrogen and oxygen atoms in total. The van der Waals surface area contributed by atoms with Crippen LogP contribution in [0.4, 0.5) is 0 Å². The van der Waals surface area contributed by atoms with Crippen LogP contribution in [-0.4, -0.2) is 54.2 Å². The molecule has 1 aliphatic rings. The molecule has 1 amide bonds. The number of rotatable bonds is 4. The molecule has 1 aliphatic heterocycles. The van der Waals surface area contributed by atoms with Crippen LogP contribution in [0.1, 0.15) is 12.8 Å². The lowest BCUT2D eigenvalue weighted by Gasteiger charge is -2.32. The number of ether oxygens (including phenoxy) is 1. The average molecular weight is 216 g/mol. The molecule has 1 saturated heterocycles. The number of carbonyl (C=O) groups excluding carboxylic acids is 1. The Hall–Kier alpha value is -1.14. The van der Waals surface area contributed by atoms with Crippen molar-refractivity contribution in [1.82, 2.24) is 4.90 Å². The molecule has 15 heavy (non-hydrogen) atoms. The van der Waals surface area contributed by atoms with Gasteiger partial charge in [-0.1, -0.05) is 0 Å². The quantitative estimate of drug-likeness (QED) is 0.631. The zero-order valence-electron chi connectivity index (χ0n) is 8.52. The third kappa shape index (κ3) is 3.85. The molecule has 1 rings (SSSR count). The Morgan fingerprint density at radius 1 is 1.53 bits per heavy atom. The number of aliphatic carboxylic acids is 1. The minimum atomic E-state index is -0.909. The first-order valence-corrected chi connectivity index (χ1v) is 4.94. The van der Waals surface area contributed by atoms with Crippen molar-refractivity contribution in [2.45, 2.75) is 18.9 Å². The lowest BCUT2D eigenvalue weighted by Crippen LogP contribution is -2.46. The SMILES string of the molecule is NCCC(=O)N1CCOC(CC(=O)O)C1. The smallest absolute Gasteiger partial charge is 0.306 e. The van der Waals surface area contributed by atoms with Crippen LogP contribution in [0.15, 0.2) is 0 Å². The van der Waals surface area contributed by atoms with Crippen molar-refractivity contribution in [3.63, 3.8) is 0 Å². The van der Waals surface area contributed by atoms with Gasteiger partial charge in [-0.2, -0.15) is 0 Å². The summed E-state index contributed by atoms with van der Waals surface area (Å²) in [7, 11) is 0. The van der Waals surface area contributed by atoms with Crippen molar-refractivity contribution in [3.8, 4) is 0 Å². The minimum Gasteiger partial charge on any atom is -0.481 e. The number of morpholine rings is 1. The van der Waals surface area contributed by atoms with Gasteiger partial charge < -0.3 is 20.5 Å². The zero-order valence-corrected chi connectivity index (χ0v) is 8.52. The Kier molecular flexibility index (Phi) is 4.51. The molecule has 1 heterocycles. The van der Waals surface area contributed by atoms with E-state index < -0.39 is 12.1 Å². The van der Waals surface area contributed by atoms with Crippen molar-refractivity contribution in [1.29, 1.82) is 0 Å². The Labute approximate surface area is 88.0 Å². The number of hydrogen-bond donors (Lipinski definition) is 2. The fraction of sp³-hybridized carbons (Fsp3) is 0.778. The molecule has 1 atom stereocenters. The second-order valence-corrected chi connectivity index (χ2v) is 3.47. The summed E-state index contributed by atoms with van der Waals surface area (Å²) in [6.45, 7) is 1.59. The Balaban J connectivity index is 2.41. The molecular formula is C9H16N2O4. The van der Waals surface area contributed by atoms with Gasteiger partial charge in [0.15, 0.2) is 0 Å². The standard InChI is InChI=1S/C9H16N2O4/c10-2-1-8(12)11-3-4-15-7(6-11)5-9(13)14/h7H,1-6,10H2,(H,13,14). The molecule has 1 fully saturated rings. The highest BCUT2D eigenvalue weighted by Crippen LogP contribution is 2.09. The summed E-state index contributed by atoms with van der Waals surface area (Å²) in [6.07, 6.45) is -0.149. The molecule has 0 bridgehead atoms. The van der Waals surface area contributed by atoms with E-state index in [4.69, 9.17) is 15.6 Å². The maximum Gasteiger partial charge on any atom is 0.306 e. The third-order valence-electron chi connectivity index (χ3n) is 2.25. The largest absolute Gasteiger partial charge is 0.481 e.